The number of amides is 2. The fraction of sp³-hybridized carbons (Fsp3) is 0.533. The predicted octanol–water partition coefficient (Wildman–Crippen LogP) is 4.76. The van der Waals surface area contributed by atoms with Crippen LogP contribution < -0.4 is 9.62 Å². The van der Waals surface area contributed by atoms with Gasteiger partial charge in [-0.25, -0.2) is 8.42 Å². The van der Waals surface area contributed by atoms with Gasteiger partial charge in [0.05, 0.1) is 11.9 Å². The third-order valence-corrected chi connectivity index (χ3v) is 8.70. The minimum atomic E-state index is -3.52. The molecule has 0 aromatic heterocycles. The van der Waals surface area contributed by atoms with Gasteiger partial charge in [0, 0.05) is 25.6 Å². The molecule has 0 bridgehead atoms. The van der Waals surface area contributed by atoms with Crippen molar-refractivity contribution in [1.82, 2.24) is 10.2 Å². The third kappa shape index (κ3) is 8.32. The molecule has 1 aliphatic carbocycles. The van der Waals surface area contributed by atoms with E-state index in [1.807, 2.05) is 63.2 Å². The molecule has 1 aliphatic rings. The molecule has 0 unspecified atom stereocenters. The van der Waals surface area contributed by atoms with Crippen LogP contribution in [0.15, 0.2) is 48.5 Å². The zero-order valence-electron chi connectivity index (χ0n) is 23.3. The van der Waals surface area contributed by atoms with Crippen LogP contribution in [0, 0.1) is 13.8 Å². The van der Waals surface area contributed by atoms with Crippen LogP contribution in [0.1, 0.15) is 68.6 Å². The molecule has 1 N–H and O–H groups in total. The summed E-state index contributed by atoms with van der Waals surface area (Å²) in [5.74, 6) is -0.211. The number of hydrogen-bond acceptors (Lipinski definition) is 4. The lowest BCUT2D eigenvalue weighted by molar-refractivity contribution is -0.141. The third-order valence-electron chi connectivity index (χ3n) is 7.50. The summed E-state index contributed by atoms with van der Waals surface area (Å²) in [6.07, 6.45) is 7.11. The second kappa shape index (κ2) is 13.8. The topological polar surface area (TPSA) is 86.8 Å². The van der Waals surface area contributed by atoms with Gasteiger partial charge in [0.2, 0.25) is 21.8 Å². The van der Waals surface area contributed by atoms with E-state index in [0.29, 0.717) is 31.5 Å². The van der Waals surface area contributed by atoms with Gasteiger partial charge in [-0.2, -0.15) is 0 Å². The Morgan fingerprint density at radius 1 is 1.00 bits per heavy atom. The van der Waals surface area contributed by atoms with Crippen LogP contribution in [0.25, 0.3) is 0 Å². The van der Waals surface area contributed by atoms with Crippen molar-refractivity contribution in [1.29, 1.82) is 0 Å². The van der Waals surface area contributed by atoms with Gasteiger partial charge in [-0.1, -0.05) is 56.2 Å². The fourth-order valence-electron chi connectivity index (χ4n) is 5.15. The minimum Gasteiger partial charge on any atom is -0.352 e. The second-order valence-electron chi connectivity index (χ2n) is 10.4. The van der Waals surface area contributed by atoms with Gasteiger partial charge in [0.15, 0.2) is 0 Å². The molecule has 0 spiro atoms. The Labute approximate surface area is 228 Å². The SMILES string of the molecule is CC[C@H](C(=O)NC1CCCC1)N(CCc1ccccc1)C(=O)CCCN(c1ccc(C)c(C)c1)S(C)(=O)=O. The van der Waals surface area contributed by atoms with Crippen LogP contribution in [-0.2, 0) is 26.0 Å². The number of benzene rings is 2. The van der Waals surface area contributed by atoms with E-state index in [0.717, 1.165) is 42.4 Å². The first-order valence-corrected chi connectivity index (χ1v) is 15.6. The van der Waals surface area contributed by atoms with Crippen LogP contribution in [0.2, 0.25) is 0 Å². The lowest BCUT2D eigenvalue weighted by Gasteiger charge is -2.32. The van der Waals surface area contributed by atoms with Crippen molar-refractivity contribution >= 4 is 27.5 Å². The summed E-state index contributed by atoms with van der Waals surface area (Å²) in [5.41, 5.74) is 3.81. The molecular weight excluding hydrogens is 498 g/mol. The van der Waals surface area contributed by atoms with Crippen molar-refractivity contribution in [3.05, 3.63) is 65.2 Å². The summed E-state index contributed by atoms with van der Waals surface area (Å²) >= 11 is 0. The van der Waals surface area contributed by atoms with Crippen LogP contribution in [0.5, 0.6) is 0 Å². The van der Waals surface area contributed by atoms with Crippen LogP contribution in [0.3, 0.4) is 0 Å². The fourth-order valence-corrected chi connectivity index (χ4v) is 6.11. The first-order valence-electron chi connectivity index (χ1n) is 13.8. The molecule has 2 amide bonds. The zero-order valence-corrected chi connectivity index (χ0v) is 24.1. The number of aryl methyl sites for hydroxylation is 2. The molecule has 2 aromatic carbocycles. The molecule has 0 aliphatic heterocycles. The van der Waals surface area contributed by atoms with Crippen LogP contribution >= 0.6 is 0 Å². The summed E-state index contributed by atoms with van der Waals surface area (Å²) < 4.78 is 26.5. The summed E-state index contributed by atoms with van der Waals surface area (Å²) in [5, 5.41) is 3.17. The summed E-state index contributed by atoms with van der Waals surface area (Å²) in [6.45, 7) is 6.51. The van der Waals surface area contributed by atoms with Crippen LogP contribution in [-0.4, -0.2) is 56.6 Å². The molecular formula is C30H43N3O4S. The van der Waals surface area contributed by atoms with Gasteiger partial charge in [0.25, 0.3) is 0 Å². The Kier molecular flexibility index (Phi) is 10.8. The Morgan fingerprint density at radius 2 is 1.68 bits per heavy atom. The van der Waals surface area contributed by atoms with Crippen LogP contribution in [0.4, 0.5) is 5.69 Å². The minimum absolute atomic E-state index is 0.0892. The first-order chi connectivity index (χ1) is 18.1. The Bertz CT molecular complexity index is 1180. The lowest BCUT2D eigenvalue weighted by Crippen LogP contribution is -2.52. The summed E-state index contributed by atoms with van der Waals surface area (Å²) in [6, 6.07) is 15.2. The number of sulfonamides is 1. The Balaban J connectivity index is 1.72. The summed E-state index contributed by atoms with van der Waals surface area (Å²) in [7, 11) is -3.52. The van der Waals surface area contributed by atoms with E-state index in [-0.39, 0.29) is 30.8 Å². The van der Waals surface area contributed by atoms with Crippen molar-refractivity contribution in [3.8, 4) is 0 Å². The maximum Gasteiger partial charge on any atom is 0.243 e. The molecule has 8 heteroatoms. The van der Waals surface area contributed by atoms with Gasteiger partial charge in [0.1, 0.15) is 6.04 Å². The molecule has 38 heavy (non-hydrogen) atoms. The number of nitrogens with one attached hydrogen (secondary N) is 1. The molecule has 0 radical (unpaired) electrons. The van der Waals surface area contributed by atoms with E-state index >= 15 is 0 Å². The largest absolute Gasteiger partial charge is 0.352 e. The normalized spacial score (nSPS) is 14.7. The monoisotopic (exact) mass is 541 g/mol. The van der Waals surface area contributed by atoms with Crippen molar-refractivity contribution in [3.63, 3.8) is 0 Å². The second-order valence-corrected chi connectivity index (χ2v) is 12.4. The van der Waals surface area contributed by atoms with Gasteiger partial charge in [-0.3, -0.25) is 13.9 Å². The predicted molar refractivity (Wildman–Crippen MR) is 154 cm³/mol. The van der Waals surface area contributed by atoms with Crippen molar-refractivity contribution in [2.75, 3.05) is 23.7 Å². The van der Waals surface area contributed by atoms with Gasteiger partial charge in [-0.15, -0.1) is 0 Å². The van der Waals surface area contributed by atoms with Crippen molar-refractivity contribution in [2.24, 2.45) is 0 Å². The summed E-state index contributed by atoms with van der Waals surface area (Å²) in [4.78, 5) is 28.5. The maximum atomic E-state index is 13.6. The van der Waals surface area contributed by atoms with Gasteiger partial charge in [-0.05, 0) is 74.8 Å². The molecule has 0 saturated heterocycles. The Hall–Kier alpha value is -2.87. The molecule has 1 fully saturated rings. The number of carbonyl (C=O) groups excluding carboxylic acids is 2. The molecule has 208 valence electrons. The number of nitrogens with zero attached hydrogens (tertiary/aromatic N) is 2. The quantitative estimate of drug-likeness (QED) is 0.396. The average Bonchev–Trinajstić information content (AvgIpc) is 3.39. The lowest BCUT2D eigenvalue weighted by atomic mass is 10.1. The van der Waals surface area contributed by atoms with E-state index in [1.165, 1.54) is 10.6 Å². The number of hydrogen-bond donors (Lipinski definition) is 1. The molecule has 3 rings (SSSR count). The number of rotatable bonds is 13. The van der Waals surface area contributed by atoms with E-state index in [4.69, 9.17) is 0 Å². The Morgan fingerprint density at radius 3 is 2.29 bits per heavy atom. The molecule has 2 aromatic rings. The van der Waals surface area contributed by atoms with E-state index in [2.05, 4.69) is 5.32 Å². The highest BCUT2D eigenvalue weighted by Gasteiger charge is 2.30. The molecule has 7 nitrogen and oxygen atoms in total. The standard InChI is InChI=1S/C30H43N3O4S/c1-5-28(30(35)31-26-14-9-10-15-26)32(21-19-25-12-7-6-8-13-25)29(34)16-11-20-33(38(4,36)37)27-18-17-23(2)24(3)22-27/h6-8,12-13,17-18,22,26,28H,5,9-11,14-16,19-21H2,1-4H3,(H,31,35)/t28-/m1/s1. The smallest absolute Gasteiger partial charge is 0.243 e. The maximum absolute atomic E-state index is 13.6. The van der Waals surface area contributed by atoms with Gasteiger partial charge < -0.3 is 10.2 Å². The van der Waals surface area contributed by atoms with Crippen molar-refractivity contribution < 1.29 is 18.0 Å². The van der Waals surface area contributed by atoms with E-state index in [9.17, 15) is 18.0 Å². The van der Waals surface area contributed by atoms with Gasteiger partial charge >= 0.3 is 0 Å². The van der Waals surface area contributed by atoms with E-state index in [1.54, 1.807) is 11.0 Å². The molecule has 1 atom stereocenters. The molecule has 0 heterocycles. The first kappa shape index (κ1) is 29.7. The van der Waals surface area contributed by atoms with E-state index < -0.39 is 16.1 Å². The highest BCUT2D eigenvalue weighted by molar-refractivity contribution is 7.92. The number of carbonyl (C=O) groups is 2. The molecule has 1 saturated carbocycles. The van der Waals surface area contributed by atoms with Crippen molar-refractivity contribution in [2.45, 2.75) is 84.2 Å². The zero-order chi connectivity index (χ0) is 27.7. The average molecular weight is 542 g/mol. The number of anilines is 1. The highest BCUT2D eigenvalue weighted by Crippen LogP contribution is 2.23. The highest BCUT2D eigenvalue weighted by atomic mass is 32.2.